The summed E-state index contributed by atoms with van der Waals surface area (Å²) in [5.41, 5.74) is 3.80. The molecule has 1 fully saturated rings. The molecule has 1 N–H and O–H groups in total. The number of nitrogens with zero attached hydrogens (tertiary/aromatic N) is 3. The summed E-state index contributed by atoms with van der Waals surface area (Å²) in [7, 11) is 0. The van der Waals surface area contributed by atoms with E-state index in [1.807, 2.05) is 51.2 Å². The third-order valence-corrected chi connectivity index (χ3v) is 5.22. The van der Waals surface area contributed by atoms with Crippen molar-refractivity contribution in [2.24, 2.45) is 0 Å². The van der Waals surface area contributed by atoms with Gasteiger partial charge in [0.25, 0.3) is 5.56 Å². The van der Waals surface area contributed by atoms with Crippen LogP contribution in [-0.4, -0.2) is 20.3 Å². The van der Waals surface area contributed by atoms with Gasteiger partial charge in [-0.2, -0.15) is 5.10 Å². The highest BCUT2D eigenvalue weighted by atomic mass is 16.2. The molecule has 0 saturated heterocycles. The van der Waals surface area contributed by atoms with Crippen LogP contribution >= 0.6 is 0 Å². The molecule has 0 bridgehead atoms. The Morgan fingerprint density at radius 1 is 1.26 bits per heavy atom. The van der Waals surface area contributed by atoms with Gasteiger partial charge in [-0.05, 0) is 44.7 Å². The molecule has 6 nitrogen and oxygen atoms in total. The Morgan fingerprint density at radius 2 is 1.96 bits per heavy atom. The van der Waals surface area contributed by atoms with Crippen molar-refractivity contribution in [1.29, 1.82) is 0 Å². The van der Waals surface area contributed by atoms with E-state index in [-0.39, 0.29) is 24.1 Å². The fourth-order valence-corrected chi connectivity index (χ4v) is 3.52. The molecule has 0 spiro atoms. The summed E-state index contributed by atoms with van der Waals surface area (Å²) in [6.45, 7) is 5.81. The molecule has 1 atom stereocenters. The van der Waals surface area contributed by atoms with Crippen LogP contribution in [0, 0.1) is 13.8 Å². The monoisotopic (exact) mass is 364 g/mol. The fourth-order valence-electron chi connectivity index (χ4n) is 3.52. The summed E-state index contributed by atoms with van der Waals surface area (Å²) in [6.07, 6.45) is 6.02. The minimum absolute atomic E-state index is 0.0843. The highest BCUT2D eigenvalue weighted by Gasteiger charge is 2.26. The molecule has 4 rings (SSSR count). The molecule has 2 heterocycles. The lowest BCUT2D eigenvalue weighted by atomic mass is 10.1. The minimum Gasteiger partial charge on any atom is -0.348 e. The summed E-state index contributed by atoms with van der Waals surface area (Å²) in [4.78, 5) is 25.3. The first-order chi connectivity index (χ1) is 12.9. The molecule has 1 aliphatic carbocycles. The van der Waals surface area contributed by atoms with E-state index >= 15 is 0 Å². The Hall–Kier alpha value is -2.89. The first-order valence-electron chi connectivity index (χ1n) is 9.37. The summed E-state index contributed by atoms with van der Waals surface area (Å²) < 4.78 is 3.40. The minimum atomic E-state index is -0.226. The predicted octanol–water partition coefficient (Wildman–Crippen LogP) is 3.03. The molecular formula is C21H24N4O2. The number of benzene rings is 1. The zero-order chi connectivity index (χ0) is 19.1. The number of fused-ring (bicyclic) bond motifs is 1. The molecule has 1 aliphatic rings. The lowest BCUT2D eigenvalue weighted by Gasteiger charge is -2.15. The molecule has 0 unspecified atom stereocenters. The average Bonchev–Trinajstić information content (AvgIpc) is 3.41. The lowest BCUT2D eigenvalue weighted by molar-refractivity contribution is -0.122. The van der Waals surface area contributed by atoms with Crippen LogP contribution in [0.2, 0.25) is 0 Å². The van der Waals surface area contributed by atoms with Gasteiger partial charge in [0.1, 0.15) is 6.54 Å². The van der Waals surface area contributed by atoms with Crippen LogP contribution in [0.5, 0.6) is 0 Å². The topological polar surface area (TPSA) is 68.9 Å². The highest BCUT2D eigenvalue weighted by Crippen LogP contribution is 2.37. The summed E-state index contributed by atoms with van der Waals surface area (Å²) in [6, 6.07) is 8.39. The zero-order valence-corrected chi connectivity index (χ0v) is 15.9. The SMILES string of the molecule is Cc1ccc([C@H](C)NC(=O)Cn2ncc3c(c(C)cn3C3CC3)c2=O)cc1. The van der Waals surface area contributed by atoms with Crippen molar-refractivity contribution in [2.45, 2.75) is 52.2 Å². The summed E-state index contributed by atoms with van der Waals surface area (Å²) in [5, 5.41) is 7.85. The molecule has 1 aromatic carbocycles. The second-order valence-electron chi connectivity index (χ2n) is 7.52. The van der Waals surface area contributed by atoms with E-state index in [1.54, 1.807) is 6.20 Å². The molecule has 2 aromatic heterocycles. The Morgan fingerprint density at radius 3 is 2.63 bits per heavy atom. The van der Waals surface area contributed by atoms with Gasteiger partial charge in [-0.15, -0.1) is 0 Å². The molecule has 1 amide bonds. The average molecular weight is 364 g/mol. The van der Waals surface area contributed by atoms with Gasteiger partial charge in [0.15, 0.2) is 0 Å². The zero-order valence-electron chi connectivity index (χ0n) is 15.9. The van der Waals surface area contributed by atoms with E-state index in [0.29, 0.717) is 11.4 Å². The van der Waals surface area contributed by atoms with Gasteiger partial charge in [0.2, 0.25) is 5.91 Å². The fraction of sp³-hybridized carbons (Fsp3) is 0.381. The van der Waals surface area contributed by atoms with Gasteiger partial charge in [0, 0.05) is 12.2 Å². The normalized spacial score (nSPS) is 15.1. The predicted molar refractivity (Wildman–Crippen MR) is 105 cm³/mol. The van der Waals surface area contributed by atoms with Crippen LogP contribution in [0.3, 0.4) is 0 Å². The van der Waals surface area contributed by atoms with Gasteiger partial charge in [0.05, 0.1) is 23.1 Å². The van der Waals surface area contributed by atoms with E-state index in [9.17, 15) is 9.59 Å². The van der Waals surface area contributed by atoms with Crippen molar-refractivity contribution in [3.8, 4) is 0 Å². The number of carbonyl (C=O) groups is 1. The van der Waals surface area contributed by atoms with E-state index < -0.39 is 0 Å². The Kier molecular flexibility index (Phi) is 4.34. The molecule has 27 heavy (non-hydrogen) atoms. The molecule has 1 saturated carbocycles. The van der Waals surface area contributed by atoms with E-state index in [2.05, 4.69) is 15.0 Å². The second kappa shape index (κ2) is 6.68. The van der Waals surface area contributed by atoms with E-state index in [1.165, 1.54) is 10.2 Å². The first-order valence-corrected chi connectivity index (χ1v) is 9.37. The first kappa shape index (κ1) is 17.5. The van der Waals surface area contributed by atoms with Crippen molar-refractivity contribution in [2.75, 3.05) is 0 Å². The second-order valence-corrected chi connectivity index (χ2v) is 7.52. The van der Waals surface area contributed by atoms with Crippen molar-refractivity contribution in [3.05, 3.63) is 63.7 Å². The van der Waals surface area contributed by atoms with Gasteiger partial charge in [-0.3, -0.25) is 9.59 Å². The van der Waals surface area contributed by atoms with E-state index in [4.69, 9.17) is 0 Å². The number of nitrogens with one attached hydrogen (secondary N) is 1. The van der Waals surface area contributed by atoms with E-state index in [0.717, 1.165) is 29.5 Å². The van der Waals surface area contributed by atoms with Crippen molar-refractivity contribution >= 4 is 16.8 Å². The maximum Gasteiger partial charge on any atom is 0.276 e. The van der Waals surface area contributed by atoms with Crippen LogP contribution < -0.4 is 10.9 Å². The Labute approximate surface area is 157 Å². The largest absolute Gasteiger partial charge is 0.348 e. The van der Waals surface area contributed by atoms with Crippen LogP contribution in [0.4, 0.5) is 0 Å². The van der Waals surface area contributed by atoms with Gasteiger partial charge in [-0.1, -0.05) is 29.8 Å². The number of amides is 1. The maximum atomic E-state index is 12.8. The molecule has 140 valence electrons. The van der Waals surface area contributed by atoms with Crippen LogP contribution in [-0.2, 0) is 11.3 Å². The quantitative estimate of drug-likeness (QED) is 0.757. The smallest absolute Gasteiger partial charge is 0.276 e. The summed E-state index contributed by atoms with van der Waals surface area (Å²) >= 11 is 0. The molecule has 0 radical (unpaired) electrons. The number of aromatic nitrogens is 3. The maximum absolute atomic E-state index is 12.8. The van der Waals surface area contributed by atoms with Crippen molar-refractivity contribution in [3.63, 3.8) is 0 Å². The van der Waals surface area contributed by atoms with Crippen molar-refractivity contribution < 1.29 is 4.79 Å². The standard InChI is InChI=1S/C21H24N4O2/c1-13-4-6-16(7-5-13)15(3)23-19(26)12-25-21(27)20-14(2)11-24(17-8-9-17)18(20)10-22-25/h4-7,10-11,15,17H,8-9,12H2,1-3H3,(H,23,26)/t15-/m0/s1. The molecule has 0 aliphatic heterocycles. The number of aryl methyl sites for hydroxylation is 2. The van der Waals surface area contributed by atoms with Crippen molar-refractivity contribution in [1.82, 2.24) is 19.7 Å². The van der Waals surface area contributed by atoms with Crippen LogP contribution in [0.1, 0.15) is 48.5 Å². The molecular weight excluding hydrogens is 340 g/mol. The number of rotatable bonds is 5. The summed E-state index contributed by atoms with van der Waals surface area (Å²) in [5.74, 6) is -0.226. The number of carbonyl (C=O) groups excluding carboxylic acids is 1. The molecule has 3 aromatic rings. The Balaban J connectivity index is 1.53. The number of hydrogen-bond donors (Lipinski definition) is 1. The number of hydrogen-bond acceptors (Lipinski definition) is 3. The third kappa shape index (κ3) is 3.39. The highest BCUT2D eigenvalue weighted by molar-refractivity contribution is 5.83. The Bertz CT molecular complexity index is 1060. The van der Waals surface area contributed by atoms with Crippen LogP contribution in [0.15, 0.2) is 41.5 Å². The van der Waals surface area contributed by atoms with Gasteiger partial charge < -0.3 is 9.88 Å². The van der Waals surface area contributed by atoms with Crippen LogP contribution in [0.25, 0.3) is 10.9 Å². The lowest BCUT2D eigenvalue weighted by Crippen LogP contribution is -2.35. The van der Waals surface area contributed by atoms with Gasteiger partial charge >= 0.3 is 0 Å². The van der Waals surface area contributed by atoms with Gasteiger partial charge in [-0.25, -0.2) is 4.68 Å². The molecule has 6 heteroatoms. The third-order valence-electron chi connectivity index (χ3n) is 5.22.